The van der Waals surface area contributed by atoms with Crippen molar-refractivity contribution in [1.29, 1.82) is 0 Å². The van der Waals surface area contributed by atoms with Gasteiger partial charge in [-0.05, 0) is 32.0 Å². The van der Waals surface area contributed by atoms with E-state index in [4.69, 9.17) is 9.47 Å². The number of methoxy groups -OCH3 is 2. The first kappa shape index (κ1) is 19.2. The fourth-order valence-electron chi connectivity index (χ4n) is 3.14. The van der Waals surface area contributed by atoms with E-state index in [1.54, 1.807) is 42.2 Å². The minimum Gasteiger partial charge on any atom is -0.493 e. The van der Waals surface area contributed by atoms with Crippen LogP contribution in [0.4, 0.5) is 0 Å². The van der Waals surface area contributed by atoms with Crippen molar-refractivity contribution >= 4 is 23.2 Å². The maximum absolute atomic E-state index is 12.8. The number of carbonyl (C=O) groups is 2. The Labute approximate surface area is 162 Å². The average molecular weight is 389 g/mol. The smallest absolute Gasteiger partial charge is 0.265 e. The van der Waals surface area contributed by atoms with Crippen LogP contribution in [-0.2, 0) is 0 Å². The van der Waals surface area contributed by atoms with E-state index in [0.717, 1.165) is 10.7 Å². The first-order valence-electron chi connectivity index (χ1n) is 8.69. The molecule has 2 amide bonds. The molecule has 144 valence electrons. The highest BCUT2D eigenvalue weighted by Gasteiger charge is 2.27. The summed E-state index contributed by atoms with van der Waals surface area (Å²) < 4.78 is 10.5. The summed E-state index contributed by atoms with van der Waals surface area (Å²) in [6.07, 6.45) is 0. The van der Waals surface area contributed by atoms with Gasteiger partial charge in [0.1, 0.15) is 4.88 Å². The summed E-state index contributed by atoms with van der Waals surface area (Å²) in [4.78, 5) is 34.0. The first-order valence-corrected chi connectivity index (χ1v) is 9.51. The summed E-state index contributed by atoms with van der Waals surface area (Å²) in [7, 11) is 3.10. The number of aromatic nitrogens is 1. The van der Waals surface area contributed by atoms with Gasteiger partial charge in [0.25, 0.3) is 11.8 Å². The lowest BCUT2D eigenvalue weighted by Crippen LogP contribution is -2.50. The van der Waals surface area contributed by atoms with Crippen LogP contribution < -0.4 is 9.47 Å². The zero-order valence-corrected chi connectivity index (χ0v) is 16.8. The number of amides is 2. The molecule has 3 rings (SSSR count). The third kappa shape index (κ3) is 3.90. The van der Waals surface area contributed by atoms with Crippen LogP contribution in [-0.4, -0.2) is 67.0 Å². The molecular formula is C19H23N3O4S. The molecule has 0 aliphatic carbocycles. The van der Waals surface area contributed by atoms with E-state index in [1.807, 2.05) is 13.8 Å². The number of nitrogens with zero attached hydrogens (tertiary/aromatic N) is 3. The third-order valence-corrected chi connectivity index (χ3v) is 5.64. The monoisotopic (exact) mass is 389 g/mol. The average Bonchev–Trinajstić information content (AvgIpc) is 3.04. The van der Waals surface area contributed by atoms with Crippen LogP contribution in [0.15, 0.2) is 18.2 Å². The minimum absolute atomic E-state index is 0.00341. The number of aryl methyl sites for hydroxylation is 2. The van der Waals surface area contributed by atoms with Crippen molar-refractivity contribution in [1.82, 2.24) is 14.8 Å². The van der Waals surface area contributed by atoms with Crippen molar-refractivity contribution in [3.63, 3.8) is 0 Å². The van der Waals surface area contributed by atoms with E-state index in [-0.39, 0.29) is 11.8 Å². The molecule has 1 fully saturated rings. The highest BCUT2D eigenvalue weighted by molar-refractivity contribution is 7.13. The van der Waals surface area contributed by atoms with Crippen LogP contribution in [0.5, 0.6) is 11.5 Å². The van der Waals surface area contributed by atoms with Gasteiger partial charge in [0, 0.05) is 31.7 Å². The van der Waals surface area contributed by atoms with Gasteiger partial charge in [-0.1, -0.05) is 0 Å². The first-order chi connectivity index (χ1) is 12.9. The predicted octanol–water partition coefficient (Wildman–Crippen LogP) is 2.38. The van der Waals surface area contributed by atoms with E-state index in [0.29, 0.717) is 48.1 Å². The number of rotatable bonds is 4. The zero-order chi connectivity index (χ0) is 19.6. The second kappa shape index (κ2) is 7.96. The number of carbonyl (C=O) groups excluding carboxylic acids is 2. The Morgan fingerprint density at radius 2 is 1.56 bits per heavy atom. The molecule has 0 saturated carbocycles. The van der Waals surface area contributed by atoms with Crippen LogP contribution in [0.1, 0.15) is 30.7 Å². The topological polar surface area (TPSA) is 72.0 Å². The van der Waals surface area contributed by atoms with E-state index < -0.39 is 0 Å². The van der Waals surface area contributed by atoms with Gasteiger partial charge in [-0.15, -0.1) is 11.3 Å². The standard InChI is InChI=1S/C19H23N3O4S/c1-12-17(27-13(2)20-12)19(24)22-9-7-21(8-10-22)18(23)14-5-6-15(25-3)16(11-14)26-4/h5-6,11H,7-10H2,1-4H3. The summed E-state index contributed by atoms with van der Waals surface area (Å²) in [6, 6.07) is 5.13. The molecule has 7 nitrogen and oxygen atoms in total. The van der Waals surface area contributed by atoms with Crippen molar-refractivity contribution in [2.24, 2.45) is 0 Å². The Morgan fingerprint density at radius 3 is 2.07 bits per heavy atom. The zero-order valence-electron chi connectivity index (χ0n) is 15.9. The maximum atomic E-state index is 12.8. The van der Waals surface area contributed by atoms with E-state index in [9.17, 15) is 9.59 Å². The number of hydrogen-bond acceptors (Lipinski definition) is 6. The van der Waals surface area contributed by atoms with Gasteiger partial charge in [0.05, 0.1) is 24.9 Å². The Bertz CT molecular complexity index is 857. The van der Waals surface area contributed by atoms with E-state index in [2.05, 4.69) is 4.98 Å². The lowest BCUT2D eigenvalue weighted by molar-refractivity contribution is 0.0537. The lowest BCUT2D eigenvalue weighted by atomic mass is 10.1. The summed E-state index contributed by atoms with van der Waals surface area (Å²) in [5.74, 6) is 1.03. The van der Waals surface area contributed by atoms with Gasteiger partial charge in [0.2, 0.25) is 0 Å². The van der Waals surface area contributed by atoms with Crippen molar-refractivity contribution < 1.29 is 19.1 Å². The largest absolute Gasteiger partial charge is 0.493 e. The Balaban J connectivity index is 1.66. The van der Waals surface area contributed by atoms with Gasteiger partial charge in [-0.25, -0.2) is 4.98 Å². The Kier molecular flexibility index (Phi) is 5.65. The van der Waals surface area contributed by atoms with Gasteiger partial charge < -0.3 is 19.3 Å². The quantitative estimate of drug-likeness (QED) is 0.803. The summed E-state index contributed by atoms with van der Waals surface area (Å²) in [6.45, 7) is 5.76. The van der Waals surface area contributed by atoms with Crippen LogP contribution in [0, 0.1) is 13.8 Å². The third-order valence-electron chi connectivity index (χ3n) is 4.58. The van der Waals surface area contributed by atoms with Crippen molar-refractivity contribution in [3.05, 3.63) is 39.3 Å². The molecule has 1 saturated heterocycles. The number of benzene rings is 1. The van der Waals surface area contributed by atoms with Crippen LogP contribution in [0.2, 0.25) is 0 Å². The summed E-state index contributed by atoms with van der Waals surface area (Å²) in [5.41, 5.74) is 1.31. The van der Waals surface area contributed by atoms with Crippen LogP contribution in [0.3, 0.4) is 0 Å². The van der Waals surface area contributed by atoms with Gasteiger partial charge >= 0.3 is 0 Å². The number of thiazole rings is 1. The van der Waals surface area contributed by atoms with Gasteiger partial charge in [-0.2, -0.15) is 0 Å². The maximum Gasteiger partial charge on any atom is 0.265 e. The molecule has 27 heavy (non-hydrogen) atoms. The molecule has 0 spiro atoms. The van der Waals surface area contributed by atoms with Gasteiger partial charge in [0.15, 0.2) is 11.5 Å². The van der Waals surface area contributed by atoms with Crippen molar-refractivity contribution in [3.8, 4) is 11.5 Å². The molecule has 0 atom stereocenters. The molecule has 1 aliphatic rings. The van der Waals surface area contributed by atoms with Gasteiger partial charge in [-0.3, -0.25) is 9.59 Å². The fraction of sp³-hybridized carbons (Fsp3) is 0.421. The normalized spacial score (nSPS) is 14.2. The Hall–Kier alpha value is -2.61. The molecule has 0 radical (unpaired) electrons. The number of ether oxygens (including phenoxy) is 2. The second-order valence-corrected chi connectivity index (χ2v) is 7.50. The molecule has 0 unspecified atom stereocenters. The molecule has 2 heterocycles. The lowest BCUT2D eigenvalue weighted by Gasteiger charge is -2.34. The predicted molar refractivity (Wildman–Crippen MR) is 103 cm³/mol. The highest BCUT2D eigenvalue weighted by Crippen LogP contribution is 2.28. The second-order valence-electron chi connectivity index (χ2n) is 6.30. The summed E-state index contributed by atoms with van der Waals surface area (Å²) in [5, 5.41) is 0.887. The number of hydrogen-bond donors (Lipinski definition) is 0. The number of piperazine rings is 1. The molecule has 1 aromatic carbocycles. The molecule has 2 aromatic rings. The van der Waals surface area contributed by atoms with Crippen LogP contribution in [0.25, 0.3) is 0 Å². The molecule has 1 aliphatic heterocycles. The molecule has 8 heteroatoms. The highest BCUT2D eigenvalue weighted by atomic mass is 32.1. The summed E-state index contributed by atoms with van der Waals surface area (Å²) >= 11 is 1.42. The van der Waals surface area contributed by atoms with E-state index in [1.165, 1.54) is 11.3 Å². The molecule has 0 N–H and O–H groups in total. The SMILES string of the molecule is COc1ccc(C(=O)N2CCN(C(=O)c3sc(C)nc3C)CC2)cc1OC. The molecular weight excluding hydrogens is 366 g/mol. The van der Waals surface area contributed by atoms with Crippen molar-refractivity contribution in [2.75, 3.05) is 40.4 Å². The Morgan fingerprint density at radius 1 is 0.963 bits per heavy atom. The molecule has 1 aromatic heterocycles. The fourth-order valence-corrected chi connectivity index (χ4v) is 4.03. The van der Waals surface area contributed by atoms with E-state index >= 15 is 0 Å². The van der Waals surface area contributed by atoms with Crippen LogP contribution >= 0.6 is 11.3 Å². The molecule has 0 bridgehead atoms. The minimum atomic E-state index is -0.0760. The van der Waals surface area contributed by atoms with Crippen molar-refractivity contribution in [2.45, 2.75) is 13.8 Å².